The summed E-state index contributed by atoms with van der Waals surface area (Å²) in [4.78, 5) is 18.9. The van der Waals surface area contributed by atoms with E-state index in [9.17, 15) is 4.79 Å². The third-order valence-corrected chi connectivity index (χ3v) is 4.38. The van der Waals surface area contributed by atoms with Gasteiger partial charge in [-0.3, -0.25) is 4.79 Å². The van der Waals surface area contributed by atoms with E-state index in [1.54, 1.807) is 6.92 Å². The van der Waals surface area contributed by atoms with Crippen LogP contribution < -0.4 is 15.0 Å². The molecule has 1 aliphatic heterocycles. The maximum Gasteiger partial charge on any atom is 0.263 e. The SMILES string of the molecule is CCC(CC)NC(=O)C1CN(Cc2nc(C)no2)c2ccccc2O1. The van der Waals surface area contributed by atoms with Crippen LogP contribution in [0.5, 0.6) is 5.75 Å². The highest BCUT2D eigenvalue weighted by molar-refractivity contribution is 5.83. The van der Waals surface area contributed by atoms with Gasteiger partial charge in [-0.15, -0.1) is 0 Å². The van der Waals surface area contributed by atoms with Crippen LogP contribution in [0.4, 0.5) is 5.69 Å². The third kappa shape index (κ3) is 3.92. The summed E-state index contributed by atoms with van der Waals surface area (Å²) in [6.07, 6.45) is 1.23. The number of aryl methyl sites for hydroxylation is 1. The fourth-order valence-corrected chi connectivity index (χ4v) is 2.95. The Morgan fingerprint density at radius 1 is 1.36 bits per heavy atom. The number of hydrogen-bond acceptors (Lipinski definition) is 6. The molecule has 1 unspecified atom stereocenters. The van der Waals surface area contributed by atoms with Crippen LogP contribution in [0.15, 0.2) is 28.8 Å². The molecule has 3 rings (SSSR count). The fraction of sp³-hybridized carbons (Fsp3) is 0.500. The number of benzene rings is 1. The van der Waals surface area contributed by atoms with Crippen molar-refractivity contribution in [3.8, 4) is 5.75 Å². The number of hydrogen-bond donors (Lipinski definition) is 1. The molecule has 1 aromatic carbocycles. The van der Waals surface area contributed by atoms with Crippen LogP contribution >= 0.6 is 0 Å². The maximum absolute atomic E-state index is 12.6. The first-order chi connectivity index (χ1) is 12.1. The smallest absolute Gasteiger partial charge is 0.263 e. The molecule has 1 atom stereocenters. The maximum atomic E-state index is 12.6. The van der Waals surface area contributed by atoms with Crippen molar-refractivity contribution >= 4 is 11.6 Å². The first-order valence-electron chi connectivity index (χ1n) is 8.70. The van der Waals surface area contributed by atoms with Gasteiger partial charge in [0.05, 0.1) is 18.8 Å². The van der Waals surface area contributed by atoms with Gasteiger partial charge in [0.25, 0.3) is 5.91 Å². The van der Waals surface area contributed by atoms with E-state index in [0.29, 0.717) is 30.6 Å². The molecule has 2 aromatic rings. The number of para-hydroxylation sites is 2. The van der Waals surface area contributed by atoms with Crippen LogP contribution in [0, 0.1) is 6.92 Å². The van der Waals surface area contributed by atoms with E-state index >= 15 is 0 Å². The topological polar surface area (TPSA) is 80.5 Å². The quantitative estimate of drug-likeness (QED) is 0.867. The average Bonchev–Trinajstić information content (AvgIpc) is 3.04. The van der Waals surface area contributed by atoms with Gasteiger partial charge >= 0.3 is 0 Å². The minimum atomic E-state index is -0.570. The van der Waals surface area contributed by atoms with Crippen LogP contribution in [0.3, 0.4) is 0 Å². The molecule has 1 aromatic heterocycles. The summed E-state index contributed by atoms with van der Waals surface area (Å²) in [6.45, 7) is 6.79. The number of amides is 1. The second-order valence-electron chi connectivity index (χ2n) is 6.21. The number of carbonyl (C=O) groups is 1. The number of ether oxygens (including phenoxy) is 1. The van der Waals surface area contributed by atoms with Crippen LogP contribution in [-0.2, 0) is 11.3 Å². The fourth-order valence-electron chi connectivity index (χ4n) is 2.95. The van der Waals surface area contributed by atoms with Gasteiger partial charge in [-0.05, 0) is 31.9 Å². The number of carbonyl (C=O) groups excluding carboxylic acids is 1. The Morgan fingerprint density at radius 3 is 2.80 bits per heavy atom. The molecule has 1 aliphatic rings. The molecule has 0 bridgehead atoms. The Balaban J connectivity index is 1.79. The van der Waals surface area contributed by atoms with E-state index in [4.69, 9.17) is 9.26 Å². The molecule has 0 radical (unpaired) electrons. The highest BCUT2D eigenvalue weighted by Gasteiger charge is 2.32. The Kier molecular flexibility index (Phi) is 5.21. The summed E-state index contributed by atoms with van der Waals surface area (Å²) in [5.41, 5.74) is 0.921. The second kappa shape index (κ2) is 7.55. The molecular weight excluding hydrogens is 320 g/mol. The monoisotopic (exact) mass is 344 g/mol. The van der Waals surface area contributed by atoms with Crippen LogP contribution in [0.25, 0.3) is 0 Å². The van der Waals surface area contributed by atoms with Gasteiger partial charge in [-0.25, -0.2) is 0 Å². The zero-order valence-corrected chi connectivity index (χ0v) is 14.9. The summed E-state index contributed by atoms with van der Waals surface area (Å²) in [5, 5.41) is 6.89. The van der Waals surface area contributed by atoms with Gasteiger partial charge in [0, 0.05) is 6.04 Å². The van der Waals surface area contributed by atoms with Crippen LogP contribution in [-0.4, -0.2) is 34.7 Å². The Hall–Kier alpha value is -2.57. The van der Waals surface area contributed by atoms with E-state index in [2.05, 4.69) is 29.3 Å². The van der Waals surface area contributed by atoms with Crippen molar-refractivity contribution in [2.45, 2.75) is 52.3 Å². The average molecular weight is 344 g/mol. The molecule has 1 amide bonds. The molecule has 0 fully saturated rings. The minimum absolute atomic E-state index is 0.0880. The van der Waals surface area contributed by atoms with Crippen molar-refractivity contribution in [3.05, 3.63) is 36.0 Å². The van der Waals surface area contributed by atoms with E-state index < -0.39 is 6.10 Å². The molecule has 0 aliphatic carbocycles. The number of anilines is 1. The summed E-state index contributed by atoms with van der Waals surface area (Å²) in [6, 6.07) is 7.85. The molecule has 0 saturated heterocycles. The highest BCUT2D eigenvalue weighted by Crippen LogP contribution is 2.34. The Labute approximate surface area is 147 Å². The van der Waals surface area contributed by atoms with Gasteiger partial charge in [0.2, 0.25) is 5.89 Å². The van der Waals surface area contributed by atoms with Crippen LogP contribution in [0.1, 0.15) is 38.4 Å². The Bertz CT molecular complexity index is 727. The van der Waals surface area contributed by atoms with Crippen molar-refractivity contribution < 1.29 is 14.1 Å². The first-order valence-corrected chi connectivity index (χ1v) is 8.70. The zero-order chi connectivity index (χ0) is 17.8. The van der Waals surface area contributed by atoms with Crippen molar-refractivity contribution in [1.29, 1.82) is 0 Å². The van der Waals surface area contributed by atoms with E-state index in [1.165, 1.54) is 0 Å². The van der Waals surface area contributed by atoms with Gasteiger partial charge in [0.1, 0.15) is 5.75 Å². The zero-order valence-electron chi connectivity index (χ0n) is 14.9. The molecule has 0 spiro atoms. The number of fused-ring (bicyclic) bond motifs is 1. The number of aromatic nitrogens is 2. The van der Waals surface area contributed by atoms with Gasteiger partial charge < -0.3 is 19.5 Å². The van der Waals surface area contributed by atoms with Gasteiger partial charge in [0.15, 0.2) is 11.9 Å². The largest absolute Gasteiger partial charge is 0.477 e. The third-order valence-electron chi connectivity index (χ3n) is 4.38. The number of rotatable bonds is 6. The molecule has 2 heterocycles. The lowest BCUT2D eigenvalue weighted by atomic mass is 10.1. The molecule has 7 heteroatoms. The van der Waals surface area contributed by atoms with Crippen LogP contribution in [0.2, 0.25) is 0 Å². The van der Waals surface area contributed by atoms with Crippen molar-refractivity contribution in [3.63, 3.8) is 0 Å². The highest BCUT2D eigenvalue weighted by atomic mass is 16.5. The molecule has 1 N–H and O–H groups in total. The van der Waals surface area contributed by atoms with E-state index in [-0.39, 0.29) is 11.9 Å². The summed E-state index contributed by atoms with van der Waals surface area (Å²) in [5.74, 6) is 1.72. The lowest BCUT2D eigenvalue weighted by Gasteiger charge is -2.35. The lowest BCUT2D eigenvalue weighted by Crippen LogP contribution is -2.51. The first kappa shape index (κ1) is 17.3. The van der Waals surface area contributed by atoms with E-state index in [0.717, 1.165) is 18.5 Å². The number of nitrogens with zero attached hydrogens (tertiary/aromatic N) is 3. The molecule has 134 valence electrons. The van der Waals surface area contributed by atoms with Crippen molar-refractivity contribution in [1.82, 2.24) is 15.5 Å². The van der Waals surface area contributed by atoms with Gasteiger partial charge in [-0.2, -0.15) is 4.98 Å². The summed E-state index contributed by atoms with van der Waals surface area (Å²) < 4.78 is 11.2. The Morgan fingerprint density at radius 2 is 2.12 bits per heavy atom. The second-order valence-corrected chi connectivity index (χ2v) is 6.21. The van der Waals surface area contributed by atoms with Crippen molar-refractivity contribution in [2.24, 2.45) is 0 Å². The minimum Gasteiger partial charge on any atom is -0.477 e. The van der Waals surface area contributed by atoms with Crippen molar-refractivity contribution in [2.75, 3.05) is 11.4 Å². The van der Waals surface area contributed by atoms with Gasteiger partial charge in [-0.1, -0.05) is 31.1 Å². The lowest BCUT2D eigenvalue weighted by molar-refractivity contribution is -0.128. The summed E-state index contributed by atoms with van der Waals surface area (Å²) >= 11 is 0. The summed E-state index contributed by atoms with van der Waals surface area (Å²) in [7, 11) is 0. The predicted octanol–water partition coefficient (Wildman–Crippen LogP) is 2.45. The number of nitrogens with one attached hydrogen (secondary N) is 1. The standard InChI is InChI=1S/C18H24N4O3/c1-4-13(5-2)20-18(23)16-10-22(11-17-19-12(3)21-25-17)14-8-6-7-9-15(14)24-16/h6-9,13,16H,4-5,10-11H2,1-3H3,(H,20,23). The molecule has 7 nitrogen and oxygen atoms in total. The molecule has 25 heavy (non-hydrogen) atoms. The molecule has 0 saturated carbocycles. The van der Waals surface area contributed by atoms with E-state index in [1.807, 2.05) is 29.2 Å². The predicted molar refractivity (Wildman–Crippen MR) is 93.5 cm³/mol. The molecular formula is C18H24N4O3. The normalized spacial score (nSPS) is 16.5.